The maximum absolute atomic E-state index is 4.50. The van der Waals surface area contributed by atoms with Crippen molar-refractivity contribution in [1.82, 2.24) is 0 Å². The van der Waals surface area contributed by atoms with E-state index < -0.39 is 0 Å². The van der Waals surface area contributed by atoms with E-state index in [0.717, 1.165) is 6.42 Å². The van der Waals surface area contributed by atoms with Crippen LogP contribution in [0.3, 0.4) is 0 Å². The van der Waals surface area contributed by atoms with E-state index in [1.807, 2.05) is 0 Å². The molecule has 0 unspecified atom stereocenters. The average Bonchev–Trinajstić information content (AvgIpc) is 2.14. The fourth-order valence-electron chi connectivity index (χ4n) is 0. The van der Waals surface area contributed by atoms with Crippen LogP contribution >= 0.6 is 0 Å². The first kappa shape index (κ1) is 30.1. The van der Waals surface area contributed by atoms with Gasteiger partial charge in [-0.1, -0.05) is 26.7 Å². The fourth-order valence-corrected chi connectivity index (χ4v) is 0. The van der Waals surface area contributed by atoms with Gasteiger partial charge in [-0.05, 0) is 21.1 Å². The molecule has 0 aliphatic heterocycles. The third-order valence-electron chi connectivity index (χ3n) is 0.354. The van der Waals surface area contributed by atoms with Gasteiger partial charge in [0.05, 0.1) is 0 Å². The van der Waals surface area contributed by atoms with Crippen molar-refractivity contribution in [2.75, 3.05) is 21.1 Å². The van der Waals surface area contributed by atoms with Gasteiger partial charge < -0.3 is 17.2 Å². The van der Waals surface area contributed by atoms with Gasteiger partial charge in [-0.15, -0.1) is 0 Å². The molecule has 0 aromatic carbocycles. The summed E-state index contributed by atoms with van der Waals surface area (Å²) < 4.78 is 0. The minimum atomic E-state index is 0. The molecule has 0 heterocycles. The van der Waals surface area contributed by atoms with Crippen LogP contribution < -0.4 is 17.2 Å². The highest BCUT2D eigenvalue weighted by atomic mass is 27.0. The van der Waals surface area contributed by atoms with Crippen molar-refractivity contribution < 1.29 is 0 Å². The number of rotatable bonds is 1. The zero-order valence-corrected chi connectivity index (χ0v) is 7.85. The number of hydrogen-bond acceptors (Lipinski definition) is 3. The predicted molar refractivity (Wildman–Crippen MR) is 60.5 cm³/mol. The van der Waals surface area contributed by atoms with E-state index in [0.29, 0.717) is 0 Å². The highest BCUT2D eigenvalue weighted by Crippen LogP contribution is 1.75. The van der Waals surface area contributed by atoms with Crippen LogP contribution in [0, 0.1) is 6.92 Å². The van der Waals surface area contributed by atoms with E-state index in [-0.39, 0.29) is 17.4 Å². The third kappa shape index (κ3) is 369. The smallest absolute Gasteiger partial charge is 0.187 e. The third-order valence-corrected chi connectivity index (χ3v) is 0.354. The Balaban J connectivity index is -0.0000000152. The second-order valence-corrected chi connectivity index (χ2v) is 0.854. The van der Waals surface area contributed by atoms with Crippen molar-refractivity contribution in [3.8, 4) is 0 Å². The second kappa shape index (κ2) is 159. The quantitative estimate of drug-likeness (QED) is 0.460. The van der Waals surface area contributed by atoms with Gasteiger partial charge in [0.15, 0.2) is 17.4 Å². The van der Waals surface area contributed by atoms with E-state index in [1.165, 1.54) is 27.6 Å². The molecule has 0 aromatic heterocycles. The largest absolute Gasteiger partial charge is 0.333 e. The molecule has 0 amide bonds. The summed E-state index contributed by atoms with van der Waals surface area (Å²) in [6, 6.07) is 0. The minimum absolute atomic E-state index is 0. The van der Waals surface area contributed by atoms with Crippen molar-refractivity contribution in [3.63, 3.8) is 0 Å². The lowest BCUT2D eigenvalue weighted by Gasteiger charge is -1.67. The molecule has 1 radical (unpaired) electrons. The maximum Gasteiger partial charge on any atom is 0.187 e. The van der Waals surface area contributed by atoms with Gasteiger partial charge in [-0.25, -0.2) is 0 Å². The molecule has 0 saturated carbocycles. The van der Waals surface area contributed by atoms with E-state index in [2.05, 4.69) is 31.0 Å². The Kier molecular flexibility index (Phi) is 434. The maximum atomic E-state index is 4.50. The molecule has 0 fully saturated rings. The van der Waals surface area contributed by atoms with Gasteiger partial charge in [0.2, 0.25) is 0 Å². The summed E-state index contributed by atoms with van der Waals surface area (Å²) in [5, 5.41) is 0. The van der Waals surface area contributed by atoms with Gasteiger partial charge in [-0.3, -0.25) is 0 Å². The molecule has 0 bridgehead atoms. The highest BCUT2D eigenvalue weighted by Gasteiger charge is 1.56. The van der Waals surface area contributed by atoms with E-state index in [9.17, 15) is 0 Å². The van der Waals surface area contributed by atoms with E-state index in [1.54, 1.807) is 0 Å². The molecule has 0 aliphatic rings. The number of nitrogens with two attached hydrogens (primary N) is 3. The molecule has 73 valence electrons. The summed E-state index contributed by atoms with van der Waals surface area (Å²) in [6.45, 7) is 5.72. The first-order valence-corrected chi connectivity index (χ1v) is 3.44. The van der Waals surface area contributed by atoms with Crippen LogP contribution in [0.1, 0.15) is 19.8 Å². The molecule has 4 heteroatoms. The lowest BCUT2D eigenvalue weighted by molar-refractivity contribution is 0.956. The summed E-state index contributed by atoms with van der Waals surface area (Å²) >= 11 is 0. The fraction of sp³-hybridized carbons (Fsp3) is 0.857. The monoisotopic (exact) mass is 180 g/mol. The normalized spacial score (nSPS) is 4.36. The van der Waals surface area contributed by atoms with Crippen molar-refractivity contribution in [2.24, 2.45) is 17.2 Å². The van der Waals surface area contributed by atoms with Gasteiger partial charge in [0, 0.05) is 0 Å². The predicted octanol–water partition coefficient (Wildman–Crippen LogP) is -0.839. The lowest BCUT2D eigenvalue weighted by atomic mass is 10.4. The minimum Gasteiger partial charge on any atom is -0.333 e. The van der Waals surface area contributed by atoms with E-state index >= 15 is 0 Å². The average molecular weight is 180 g/mol. The Morgan fingerprint density at radius 1 is 0.909 bits per heavy atom. The molecule has 0 rings (SSSR count). The zero-order valence-electron chi connectivity index (χ0n) is 7.85. The summed E-state index contributed by atoms with van der Waals surface area (Å²) in [5.41, 5.74) is 13.5. The summed E-state index contributed by atoms with van der Waals surface area (Å²) in [6.07, 6.45) is 2.28. The Bertz CT molecular complexity index is 15.6. The Hall–Kier alpha value is 0.412. The second-order valence-electron chi connectivity index (χ2n) is 0.854. The van der Waals surface area contributed by atoms with Crippen LogP contribution in [0.25, 0.3) is 0 Å². The van der Waals surface area contributed by atoms with Crippen molar-refractivity contribution in [1.29, 1.82) is 0 Å². The van der Waals surface area contributed by atoms with Crippen LogP contribution in [0.2, 0.25) is 0 Å². The number of unbranched alkanes of at least 4 members (excludes halogenated alkanes) is 1. The van der Waals surface area contributed by atoms with Gasteiger partial charge >= 0.3 is 0 Å². The Morgan fingerprint density at radius 2 is 1.00 bits per heavy atom. The highest BCUT2D eigenvalue weighted by molar-refractivity contribution is 5.75. The van der Waals surface area contributed by atoms with Crippen molar-refractivity contribution >= 4 is 17.4 Å². The standard InChI is InChI=1S/C4H9.3CH5N.Al.3H/c1-3-4-2;3*1-2;;;;/h1,3-4H2,2H3;3*2H2,1H3;;;;. The van der Waals surface area contributed by atoms with Crippen molar-refractivity contribution in [3.05, 3.63) is 6.92 Å². The summed E-state index contributed by atoms with van der Waals surface area (Å²) in [7, 11) is 4.50. The Labute approximate surface area is 82.8 Å². The van der Waals surface area contributed by atoms with Crippen LogP contribution in [0.4, 0.5) is 0 Å². The molecule has 0 atom stereocenters. The van der Waals surface area contributed by atoms with Crippen molar-refractivity contribution in [2.45, 2.75) is 19.8 Å². The molecular weight excluding hydrogens is 153 g/mol. The van der Waals surface area contributed by atoms with Crippen LogP contribution in [-0.4, -0.2) is 38.5 Å². The SMILES string of the molecule is CN.CN.CN.[AlH3].[CH2]CCC. The van der Waals surface area contributed by atoms with Gasteiger partial charge in [-0.2, -0.15) is 0 Å². The van der Waals surface area contributed by atoms with Gasteiger partial charge in [0.1, 0.15) is 0 Å². The van der Waals surface area contributed by atoms with Crippen LogP contribution in [-0.2, 0) is 0 Å². The molecular formula is C7H27AlN3. The Morgan fingerprint density at radius 3 is 1.00 bits per heavy atom. The van der Waals surface area contributed by atoms with Crippen LogP contribution in [0.5, 0.6) is 0 Å². The molecule has 11 heavy (non-hydrogen) atoms. The molecule has 6 N–H and O–H groups in total. The van der Waals surface area contributed by atoms with Gasteiger partial charge in [0.25, 0.3) is 0 Å². The summed E-state index contributed by atoms with van der Waals surface area (Å²) in [4.78, 5) is 0. The molecule has 0 aromatic rings. The summed E-state index contributed by atoms with van der Waals surface area (Å²) in [5.74, 6) is 0. The molecule has 0 saturated heterocycles. The zero-order chi connectivity index (χ0) is 9.41. The first-order valence-electron chi connectivity index (χ1n) is 3.44. The topological polar surface area (TPSA) is 78.1 Å². The number of hydrogen-bond donors (Lipinski definition) is 3. The molecule has 0 spiro atoms. The molecule has 0 aliphatic carbocycles. The van der Waals surface area contributed by atoms with E-state index in [4.69, 9.17) is 0 Å². The first-order chi connectivity index (χ1) is 4.91. The van der Waals surface area contributed by atoms with Crippen LogP contribution in [0.15, 0.2) is 0 Å². The lowest BCUT2D eigenvalue weighted by Crippen LogP contribution is -1.69. The molecule has 3 nitrogen and oxygen atoms in total.